The first-order valence-electron chi connectivity index (χ1n) is 11.4. The van der Waals surface area contributed by atoms with Gasteiger partial charge >= 0.3 is 0 Å². The maximum absolute atomic E-state index is 12.4. The molecule has 0 spiro atoms. The van der Waals surface area contributed by atoms with Gasteiger partial charge in [0.2, 0.25) is 6.41 Å². The van der Waals surface area contributed by atoms with Crippen molar-refractivity contribution in [1.29, 1.82) is 0 Å². The van der Waals surface area contributed by atoms with E-state index in [0.29, 0.717) is 0 Å². The molecule has 1 saturated heterocycles. The van der Waals surface area contributed by atoms with Crippen molar-refractivity contribution in [3.63, 3.8) is 0 Å². The summed E-state index contributed by atoms with van der Waals surface area (Å²) >= 11 is 0. The summed E-state index contributed by atoms with van der Waals surface area (Å²) in [5.74, 6) is 0. The monoisotopic (exact) mass is 455 g/mol. The summed E-state index contributed by atoms with van der Waals surface area (Å²) in [7, 11) is 2.53. The van der Waals surface area contributed by atoms with Gasteiger partial charge in [-0.2, -0.15) is 0 Å². The highest BCUT2D eigenvalue weighted by molar-refractivity contribution is 7.82. The number of hydrogen-bond donors (Lipinski definition) is 0. The second-order valence-electron chi connectivity index (χ2n) is 7.80. The molecule has 180 valence electrons. The quantitative estimate of drug-likeness (QED) is 0.532. The maximum Gasteiger partial charge on any atom is 0.209 e. The van der Waals surface area contributed by atoms with Crippen LogP contribution in [-0.2, 0) is 20.5 Å². The van der Waals surface area contributed by atoms with Gasteiger partial charge in [-0.25, -0.2) is 8.51 Å². The van der Waals surface area contributed by atoms with Gasteiger partial charge in [-0.15, -0.1) is 0 Å². The van der Waals surface area contributed by atoms with E-state index < -0.39 is 11.0 Å². The van der Waals surface area contributed by atoms with E-state index in [4.69, 9.17) is 0 Å². The molecule has 7 heteroatoms. The third-order valence-corrected chi connectivity index (χ3v) is 7.04. The summed E-state index contributed by atoms with van der Waals surface area (Å²) in [6, 6.07) is 4.24. The fourth-order valence-corrected chi connectivity index (χ4v) is 4.83. The first-order valence-corrected chi connectivity index (χ1v) is 12.5. The minimum absolute atomic E-state index is 0.819. The predicted octanol–water partition coefficient (Wildman–Crippen LogP) is 3.80. The van der Waals surface area contributed by atoms with Crippen LogP contribution in [0.2, 0.25) is 0 Å². The van der Waals surface area contributed by atoms with Crippen LogP contribution in [0, 0.1) is 20.8 Å². The van der Waals surface area contributed by atoms with Gasteiger partial charge in [-0.05, 0) is 64.8 Å². The number of methoxy groups -OCH3 is 1. The van der Waals surface area contributed by atoms with Crippen LogP contribution in [0.3, 0.4) is 0 Å². The molecular formula is C24H45N3O3S. The molecule has 1 heterocycles. The normalized spacial score (nSPS) is 14.4. The molecule has 1 aliphatic heterocycles. The van der Waals surface area contributed by atoms with Crippen LogP contribution in [0.25, 0.3) is 0 Å². The van der Waals surface area contributed by atoms with Crippen LogP contribution in [0.4, 0.5) is 0 Å². The number of amides is 1. The van der Waals surface area contributed by atoms with Gasteiger partial charge in [0, 0.05) is 46.9 Å². The van der Waals surface area contributed by atoms with Crippen LogP contribution >= 0.6 is 0 Å². The summed E-state index contributed by atoms with van der Waals surface area (Å²) in [6.07, 6.45) is 3.22. The molecule has 31 heavy (non-hydrogen) atoms. The van der Waals surface area contributed by atoms with Gasteiger partial charge < -0.3 is 14.5 Å². The van der Waals surface area contributed by atoms with Gasteiger partial charge in [-0.1, -0.05) is 31.5 Å². The Balaban J connectivity index is 0.000000523. The molecule has 1 fully saturated rings. The molecule has 1 aromatic carbocycles. The molecule has 1 unspecified atom stereocenters. The van der Waals surface area contributed by atoms with E-state index >= 15 is 0 Å². The number of benzene rings is 1. The Hall–Kier alpha value is -1.28. The second kappa shape index (κ2) is 17.3. The number of carbonyl (C=O) groups excluding carboxylic acids is 1. The van der Waals surface area contributed by atoms with Crippen LogP contribution in [-0.4, -0.2) is 84.8 Å². The van der Waals surface area contributed by atoms with Crippen molar-refractivity contribution < 1.29 is 13.7 Å². The molecule has 1 atom stereocenters. The number of carbonyl (C=O) groups is 1. The fraction of sp³-hybridized carbons (Fsp3) is 0.708. The number of aryl methyl sites for hydroxylation is 3. The Morgan fingerprint density at radius 1 is 1.03 bits per heavy atom. The van der Waals surface area contributed by atoms with Gasteiger partial charge in [-0.3, -0.25) is 4.79 Å². The summed E-state index contributed by atoms with van der Waals surface area (Å²) < 4.78 is 19.1. The van der Waals surface area contributed by atoms with Crippen molar-refractivity contribution in [3.05, 3.63) is 28.8 Å². The fourth-order valence-electron chi connectivity index (χ4n) is 3.32. The summed E-state index contributed by atoms with van der Waals surface area (Å²) in [5.41, 5.74) is 3.56. The molecular weight excluding hydrogens is 410 g/mol. The zero-order chi connectivity index (χ0) is 23.8. The minimum atomic E-state index is -0.957. The van der Waals surface area contributed by atoms with Crippen molar-refractivity contribution in [2.24, 2.45) is 0 Å². The lowest BCUT2D eigenvalue weighted by Gasteiger charge is -2.20. The third kappa shape index (κ3) is 11.8. The molecule has 0 saturated carbocycles. The van der Waals surface area contributed by atoms with Crippen molar-refractivity contribution in [2.45, 2.75) is 59.3 Å². The van der Waals surface area contributed by atoms with Crippen molar-refractivity contribution >= 4 is 17.4 Å². The van der Waals surface area contributed by atoms with Crippen LogP contribution in [0.15, 0.2) is 17.0 Å². The number of ether oxygens (including phenoxy) is 1. The summed E-state index contributed by atoms with van der Waals surface area (Å²) in [6.45, 7) is 19.1. The Morgan fingerprint density at radius 2 is 1.52 bits per heavy atom. The lowest BCUT2D eigenvalue weighted by atomic mass is 10.1. The Bertz CT molecular complexity index is 620. The highest BCUT2D eigenvalue weighted by Gasteiger charge is 2.22. The Kier molecular flexibility index (Phi) is 16.6. The topological polar surface area (TPSA) is 53.1 Å². The largest absolute Gasteiger partial charge is 0.385 e. The summed E-state index contributed by atoms with van der Waals surface area (Å²) in [5, 5.41) is 0. The molecule has 0 radical (unpaired) electrons. The SMILES string of the molecule is CCN(CC)CCN(C)C=O.CCOC.Cc1cc(C)c(S(=O)N2CCCC2)c(C)c1. The lowest BCUT2D eigenvalue weighted by molar-refractivity contribution is -0.117. The molecule has 0 bridgehead atoms. The minimum Gasteiger partial charge on any atom is -0.385 e. The van der Waals surface area contributed by atoms with Gasteiger partial charge in [0.05, 0.1) is 4.90 Å². The molecule has 6 nitrogen and oxygen atoms in total. The van der Waals surface area contributed by atoms with E-state index in [9.17, 15) is 9.00 Å². The predicted molar refractivity (Wildman–Crippen MR) is 132 cm³/mol. The first kappa shape index (κ1) is 29.7. The zero-order valence-corrected chi connectivity index (χ0v) is 21.9. The highest BCUT2D eigenvalue weighted by Crippen LogP contribution is 2.24. The van der Waals surface area contributed by atoms with Gasteiger partial charge in [0.25, 0.3) is 0 Å². The van der Waals surface area contributed by atoms with E-state index in [1.54, 1.807) is 19.1 Å². The van der Waals surface area contributed by atoms with Crippen LogP contribution in [0.5, 0.6) is 0 Å². The Morgan fingerprint density at radius 3 is 1.90 bits per heavy atom. The molecule has 1 amide bonds. The smallest absolute Gasteiger partial charge is 0.209 e. The third-order valence-electron chi connectivity index (χ3n) is 5.21. The van der Waals surface area contributed by atoms with E-state index in [0.717, 1.165) is 68.3 Å². The highest BCUT2D eigenvalue weighted by atomic mass is 32.2. The standard InChI is InChI=1S/C13H19NOS.C8H18N2O.C3H8O/c1-10-8-11(2)13(12(3)9-10)16(15)14-6-4-5-7-14;1-4-10(5-2)7-6-9(3)8-11;1-3-4-2/h8-9H,4-7H2,1-3H3;8H,4-7H2,1-3H3;3H2,1-2H3. The van der Waals surface area contributed by atoms with Gasteiger partial charge in [0.15, 0.2) is 0 Å². The molecule has 0 aliphatic carbocycles. The van der Waals surface area contributed by atoms with Gasteiger partial charge in [0.1, 0.15) is 11.0 Å². The average Bonchev–Trinajstić information content (AvgIpc) is 3.29. The molecule has 0 aromatic heterocycles. The number of rotatable bonds is 9. The zero-order valence-electron chi connectivity index (χ0n) is 21.1. The van der Waals surface area contributed by atoms with Crippen molar-refractivity contribution in [2.75, 3.05) is 60.0 Å². The van der Waals surface area contributed by atoms with E-state index in [2.05, 4.69) is 60.7 Å². The van der Waals surface area contributed by atoms with E-state index in [1.165, 1.54) is 18.4 Å². The molecule has 0 N–H and O–H groups in total. The van der Waals surface area contributed by atoms with Crippen LogP contribution < -0.4 is 0 Å². The van der Waals surface area contributed by atoms with Crippen molar-refractivity contribution in [3.8, 4) is 0 Å². The average molecular weight is 456 g/mol. The molecule has 2 rings (SSSR count). The second-order valence-corrected chi connectivity index (χ2v) is 9.23. The molecule has 1 aliphatic rings. The number of hydrogen-bond acceptors (Lipinski definition) is 4. The number of nitrogens with zero attached hydrogens (tertiary/aromatic N) is 3. The number of likely N-dealkylation sites (N-methyl/N-ethyl adjacent to an activating group) is 2. The molecule has 1 aromatic rings. The van der Waals surface area contributed by atoms with Crippen LogP contribution in [0.1, 0.15) is 50.3 Å². The lowest BCUT2D eigenvalue weighted by Crippen LogP contribution is -2.32. The Labute approximate surface area is 193 Å². The van der Waals surface area contributed by atoms with Crippen molar-refractivity contribution in [1.82, 2.24) is 14.1 Å². The van der Waals surface area contributed by atoms with E-state index in [1.807, 2.05) is 6.92 Å². The van der Waals surface area contributed by atoms with E-state index in [-0.39, 0.29) is 0 Å². The first-order chi connectivity index (χ1) is 14.7. The summed E-state index contributed by atoms with van der Waals surface area (Å²) in [4.78, 5) is 15.2. The maximum atomic E-state index is 12.4.